The Morgan fingerprint density at radius 3 is 2.89 bits per heavy atom. The van der Waals surface area contributed by atoms with Gasteiger partial charge in [0.25, 0.3) is 0 Å². The molecular weight excluding hydrogens is 321 g/mol. The summed E-state index contributed by atoms with van der Waals surface area (Å²) in [7, 11) is 0. The average molecular weight is 334 g/mol. The third-order valence-corrected chi connectivity index (χ3v) is 3.61. The van der Waals surface area contributed by atoms with Crippen molar-refractivity contribution in [3.05, 3.63) is 22.4 Å². The molecule has 18 heavy (non-hydrogen) atoms. The predicted octanol–water partition coefficient (Wildman–Crippen LogP) is 3.02. The summed E-state index contributed by atoms with van der Waals surface area (Å²) in [5.41, 5.74) is 0.463. The molecule has 2 rings (SSSR count). The van der Waals surface area contributed by atoms with Gasteiger partial charge in [0.05, 0.1) is 16.8 Å². The second-order valence-corrected chi connectivity index (χ2v) is 5.62. The molecule has 0 saturated carbocycles. The van der Waals surface area contributed by atoms with Crippen molar-refractivity contribution in [2.24, 2.45) is 0 Å². The third kappa shape index (κ3) is 2.64. The van der Waals surface area contributed by atoms with E-state index in [1.807, 2.05) is 6.92 Å². The summed E-state index contributed by atoms with van der Waals surface area (Å²) in [5, 5.41) is -0.0194. The number of benzene rings is 1. The second-order valence-electron chi connectivity index (χ2n) is 4.03. The Bertz CT molecular complexity index is 483. The van der Waals surface area contributed by atoms with Gasteiger partial charge in [0.1, 0.15) is 5.82 Å². The largest absolute Gasteiger partial charge is 0.490 e. The summed E-state index contributed by atoms with van der Waals surface area (Å²) in [6.07, 6.45) is 0.364. The van der Waals surface area contributed by atoms with Gasteiger partial charge >= 0.3 is 0 Å². The summed E-state index contributed by atoms with van der Waals surface area (Å²) in [6, 6.07) is 2.65. The van der Waals surface area contributed by atoms with Gasteiger partial charge in [0, 0.05) is 24.3 Å². The highest BCUT2D eigenvalue weighted by Crippen LogP contribution is 2.39. The number of carbonyl (C=O) groups excluding carboxylic acids is 1. The van der Waals surface area contributed by atoms with Gasteiger partial charge in [-0.1, -0.05) is 0 Å². The molecule has 0 radical (unpaired) electrons. The fourth-order valence-corrected chi connectivity index (χ4v) is 2.81. The molecule has 1 fully saturated rings. The van der Waals surface area contributed by atoms with E-state index in [9.17, 15) is 9.18 Å². The first-order chi connectivity index (χ1) is 8.52. The number of hydrogen-bond acceptors (Lipinski definition) is 3. The maximum Gasteiger partial charge on any atom is 0.228 e. The molecule has 3 nitrogen and oxygen atoms in total. The van der Waals surface area contributed by atoms with Crippen LogP contribution in [0, 0.1) is 5.82 Å². The van der Waals surface area contributed by atoms with Gasteiger partial charge in [-0.3, -0.25) is 4.79 Å². The van der Waals surface area contributed by atoms with Crippen molar-refractivity contribution >= 4 is 40.2 Å². The lowest BCUT2D eigenvalue weighted by Crippen LogP contribution is -2.25. The molecule has 0 aliphatic carbocycles. The lowest BCUT2D eigenvalue weighted by Gasteiger charge is -2.21. The number of ether oxygens (including phenoxy) is 1. The average Bonchev–Trinajstić information content (AvgIpc) is 2.61. The first kappa shape index (κ1) is 13.7. The van der Waals surface area contributed by atoms with E-state index in [0.29, 0.717) is 35.5 Å². The molecule has 1 aromatic carbocycles. The minimum absolute atomic E-state index is 0.0194. The van der Waals surface area contributed by atoms with Crippen LogP contribution in [0.15, 0.2) is 16.6 Å². The number of hydrogen-bond donors (Lipinski definition) is 1. The number of nitrogens with zero attached hydrogens (tertiary/aromatic N) is 1. The molecule has 1 atom stereocenters. The van der Waals surface area contributed by atoms with Gasteiger partial charge in [-0.05, 0) is 28.9 Å². The quantitative estimate of drug-likeness (QED) is 0.861. The number of carbonyl (C=O) groups is 1. The molecule has 1 amide bonds. The van der Waals surface area contributed by atoms with Crippen LogP contribution >= 0.6 is 28.6 Å². The summed E-state index contributed by atoms with van der Waals surface area (Å²) in [5.74, 6) is 0.0267. The van der Waals surface area contributed by atoms with Gasteiger partial charge in [0.15, 0.2) is 5.75 Å². The van der Waals surface area contributed by atoms with E-state index in [1.165, 1.54) is 17.0 Å². The smallest absolute Gasteiger partial charge is 0.228 e. The van der Waals surface area contributed by atoms with Crippen LogP contribution in [0.5, 0.6) is 5.75 Å². The number of rotatable bonds is 3. The van der Waals surface area contributed by atoms with Crippen molar-refractivity contribution in [1.82, 2.24) is 0 Å². The van der Waals surface area contributed by atoms with Crippen molar-refractivity contribution in [3.63, 3.8) is 0 Å². The minimum Gasteiger partial charge on any atom is -0.490 e. The van der Waals surface area contributed by atoms with E-state index in [1.54, 1.807) is 0 Å². The molecule has 6 heteroatoms. The fraction of sp³-hybridized carbons (Fsp3) is 0.417. The van der Waals surface area contributed by atoms with Crippen molar-refractivity contribution in [2.75, 3.05) is 18.1 Å². The lowest BCUT2D eigenvalue weighted by molar-refractivity contribution is -0.117. The predicted molar refractivity (Wildman–Crippen MR) is 75.0 cm³/mol. The van der Waals surface area contributed by atoms with E-state index in [-0.39, 0.29) is 11.2 Å². The highest BCUT2D eigenvalue weighted by atomic mass is 79.9. The van der Waals surface area contributed by atoms with Crippen LogP contribution in [0.2, 0.25) is 0 Å². The van der Waals surface area contributed by atoms with Gasteiger partial charge in [-0.2, -0.15) is 12.6 Å². The first-order valence-corrected chi connectivity index (χ1v) is 6.94. The molecule has 1 aliphatic heterocycles. The standard InChI is InChI=1S/C12H13BrFNO2S/c1-2-17-12-9(13)3-7(14)4-10(12)15-6-8(18)5-11(15)16/h3-4,8,18H,2,5-6H2,1H3. The Balaban J connectivity index is 2.45. The molecule has 1 heterocycles. The fourth-order valence-electron chi connectivity index (χ4n) is 1.96. The topological polar surface area (TPSA) is 29.5 Å². The van der Waals surface area contributed by atoms with E-state index in [2.05, 4.69) is 28.6 Å². The van der Waals surface area contributed by atoms with Crippen molar-refractivity contribution in [2.45, 2.75) is 18.6 Å². The van der Waals surface area contributed by atoms with Crippen LogP contribution in [-0.2, 0) is 4.79 Å². The third-order valence-electron chi connectivity index (χ3n) is 2.67. The highest BCUT2D eigenvalue weighted by Gasteiger charge is 2.31. The minimum atomic E-state index is -0.407. The molecule has 0 aromatic heterocycles. The van der Waals surface area contributed by atoms with Gasteiger partial charge in [-0.15, -0.1) is 0 Å². The highest BCUT2D eigenvalue weighted by molar-refractivity contribution is 9.10. The zero-order valence-corrected chi connectivity index (χ0v) is 12.3. The van der Waals surface area contributed by atoms with E-state index < -0.39 is 5.82 Å². The zero-order valence-electron chi connectivity index (χ0n) is 9.82. The number of amides is 1. The summed E-state index contributed by atoms with van der Waals surface area (Å²) in [6.45, 7) is 2.76. The van der Waals surface area contributed by atoms with E-state index in [4.69, 9.17) is 4.74 Å². The maximum absolute atomic E-state index is 13.5. The van der Waals surface area contributed by atoms with Crippen LogP contribution in [0.1, 0.15) is 13.3 Å². The monoisotopic (exact) mass is 333 g/mol. The van der Waals surface area contributed by atoms with Gasteiger partial charge < -0.3 is 9.64 Å². The van der Waals surface area contributed by atoms with Gasteiger partial charge in [0.2, 0.25) is 5.91 Å². The Morgan fingerprint density at radius 1 is 1.61 bits per heavy atom. The Kier molecular flexibility index (Phi) is 4.17. The van der Waals surface area contributed by atoms with Crippen LogP contribution < -0.4 is 9.64 Å². The van der Waals surface area contributed by atoms with Crippen molar-refractivity contribution < 1.29 is 13.9 Å². The first-order valence-electron chi connectivity index (χ1n) is 5.63. The van der Waals surface area contributed by atoms with Gasteiger partial charge in [-0.25, -0.2) is 4.39 Å². The lowest BCUT2D eigenvalue weighted by atomic mass is 10.2. The number of anilines is 1. The van der Waals surface area contributed by atoms with Crippen molar-refractivity contribution in [3.8, 4) is 5.75 Å². The second kappa shape index (κ2) is 5.48. The van der Waals surface area contributed by atoms with Crippen LogP contribution in [0.25, 0.3) is 0 Å². The Morgan fingerprint density at radius 2 is 2.33 bits per heavy atom. The molecule has 1 unspecified atom stereocenters. The maximum atomic E-state index is 13.5. The molecule has 1 aliphatic rings. The molecule has 1 saturated heterocycles. The number of thiol groups is 1. The normalized spacial score (nSPS) is 19.4. The van der Waals surface area contributed by atoms with E-state index in [0.717, 1.165) is 0 Å². The molecule has 1 aromatic rings. The zero-order chi connectivity index (χ0) is 13.3. The summed E-state index contributed by atoms with van der Waals surface area (Å²) >= 11 is 7.55. The Labute approximate surface area is 119 Å². The molecular formula is C12H13BrFNO2S. The van der Waals surface area contributed by atoms with E-state index >= 15 is 0 Å². The Hall–Kier alpha value is -0.750. The van der Waals surface area contributed by atoms with Crippen LogP contribution in [0.4, 0.5) is 10.1 Å². The van der Waals surface area contributed by atoms with Crippen LogP contribution in [0.3, 0.4) is 0 Å². The molecule has 0 spiro atoms. The SMILES string of the molecule is CCOc1c(Br)cc(F)cc1N1CC(S)CC1=O. The number of halogens is 2. The van der Waals surface area contributed by atoms with Crippen molar-refractivity contribution in [1.29, 1.82) is 0 Å². The molecule has 0 bridgehead atoms. The molecule has 0 N–H and O–H groups in total. The molecule has 98 valence electrons. The summed E-state index contributed by atoms with van der Waals surface area (Å²) in [4.78, 5) is 13.4. The summed E-state index contributed by atoms with van der Waals surface area (Å²) < 4.78 is 19.5. The van der Waals surface area contributed by atoms with Crippen LogP contribution in [-0.4, -0.2) is 24.3 Å².